The number of aromatic nitrogens is 1. The molecule has 0 bridgehead atoms. The number of carbonyl (C=O) groups is 1. The minimum absolute atomic E-state index is 0.0917. The fraction of sp³-hybridized carbons (Fsp3) is 0.429. The second-order valence-corrected chi connectivity index (χ2v) is 7.03. The Balaban J connectivity index is 1.66. The van der Waals surface area contributed by atoms with Crippen LogP contribution < -0.4 is 5.32 Å². The number of hydrogen-bond acceptors (Lipinski definition) is 4. The van der Waals surface area contributed by atoms with Crippen molar-refractivity contribution in [3.8, 4) is 0 Å². The summed E-state index contributed by atoms with van der Waals surface area (Å²) in [6, 6.07) is 12.0. The van der Waals surface area contributed by atoms with E-state index in [2.05, 4.69) is 46.2 Å². The third kappa shape index (κ3) is 4.90. The predicted octanol–water partition coefficient (Wildman–Crippen LogP) is 2.23. The maximum atomic E-state index is 12.7. The highest BCUT2D eigenvalue weighted by Gasteiger charge is 2.20. The zero-order chi connectivity index (χ0) is 18.4. The minimum Gasteiger partial charge on any atom is -0.345 e. The molecular weight excluding hydrogens is 324 g/mol. The van der Waals surface area contributed by atoms with Gasteiger partial charge in [-0.1, -0.05) is 24.3 Å². The first-order chi connectivity index (χ1) is 12.6. The molecule has 1 amide bonds. The molecule has 5 heteroatoms. The third-order valence-electron chi connectivity index (χ3n) is 5.10. The van der Waals surface area contributed by atoms with E-state index in [1.807, 2.05) is 24.3 Å². The Morgan fingerprint density at radius 3 is 2.50 bits per heavy atom. The molecule has 0 aliphatic carbocycles. The monoisotopic (exact) mass is 352 g/mol. The van der Waals surface area contributed by atoms with Gasteiger partial charge >= 0.3 is 0 Å². The van der Waals surface area contributed by atoms with Gasteiger partial charge in [0.25, 0.3) is 0 Å². The van der Waals surface area contributed by atoms with Crippen LogP contribution in [0.1, 0.15) is 29.2 Å². The van der Waals surface area contributed by atoms with Gasteiger partial charge in [-0.25, -0.2) is 0 Å². The molecule has 3 rings (SSSR count). The second kappa shape index (κ2) is 8.92. The molecule has 2 aromatic rings. The Kier molecular flexibility index (Phi) is 6.36. The molecule has 1 aliphatic heterocycles. The van der Waals surface area contributed by atoms with E-state index in [0.717, 1.165) is 43.9 Å². The van der Waals surface area contributed by atoms with Gasteiger partial charge in [-0.2, -0.15) is 0 Å². The number of aryl methyl sites for hydroxylation is 1. The summed E-state index contributed by atoms with van der Waals surface area (Å²) < 4.78 is 0. The van der Waals surface area contributed by atoms with Crippen LogP contribution in [0.5, 0.6) is 0 Å². The largest absolute Gasteiger partial charge is 0.345 e. The van der Waals surface area contributed by atoms with E-state index in [1.54, 1.807) is 12.4 Å². The molecule has 5 nitrogen and oxygen atoms in total. The number of benzene rings is 1. The Morgan fingerprint density at radius 2 is 1.81 bits per heavy atom. The van der Waals surface area contributed by atoms with E-state index in [1.165, 1.54) is 5.56 Å². The first-order valence-corrected chi connectivity index (χ1v) is 9.29. The van der Waals surface area contributed by atoms with Gasteiger partial charge in [-0.05, 0) is 42.8 Å². The average molecular weight is 352 g/mol. The zero-order valence-electron chi connectivity index (χ0n) is 15.7. The van der Waals surface area contributed by atoms with Crippen molar-refractivity contribution >= 4 is 5.91 Å². The standard InChI is InChI=1S/C21H28N4O/c1-17-5-3-4-6-19(17)21(18-7-10-22-11-8-18)23-20(26)9-12-25-15-13-24(2)14-16-25/h3-8,10-11,21H,9,12-16H2,1-2H3,(H,23,26)/t21-/m1/s1. The number of piperazine rings is 1. The highest BCUT2D eigenvalue weighted by molar-refractivity contribution is 5.77. The maximum Gasteiger partial charge on any atom is 0.222 e. The Labute approximate surface area is 156 Å². The van der Waals surface area contributed by atoms with Crippen LogP contribution >= 0.6 is 0 Å². The van der Waals surface area contributed by atoms with Gasteiger partial charge in [-0.15, -0.1) is 0 Å². The van der Waals surface area contributed by atoms with Crippen molar-refractivity contribution in [1.82, 2.24) is 20.1 Å². The second-order valence-electron chi connectivity index (χ2n) is 7.03. The summed E-state index contributed by atoms with van der Waals surface area (Å²) in [6.07, 6.45) is 4.07. The van der Waals surface area contributed by atoms with Gasteiger partial charge < -0.3 is 15.1 Å². The molecule has 1 aliphatic rings. The molecule has 0 radical (unpaired) electrons. The van der Waals surface area contributed by atoms with Crippen molar-refractivity contribution in [2.24, 2.45) is 0 Å². The van der Waals surface area contributed by atoms with Crippen LogP contribution in [0, 0.1) is 6.92 Å². The van der Waals surface area contributed by atoms with Crippen molar-refractivity contribution in [1.29, 1.82) is 0 Å². The Bertz CT molecular complexity index is 711. The molecule has 1 fully saturated rings. The lowest BCUT2D eigenvalue weighted by Crippen LogP contribution is -2.45. The highest BCUT2D eigenvalue weighted by atomic mass is 16.1. The van der Waals surface area contributed by atoms with Crippen molar-refractivity contribution in [3.05, 3.63) is 65.5 Å². The molecule has 0 saturated carbocycles. The quantitative estimate of drug-likeness (QED) is 0.866. The fourth-order valence-corrected chi connectivity index (χ4v) is 3.37. The van der Waals surface area contributed by atoms with Crippen LogP contribution in [0.2, 0.25) is 0 Å². The molecule has 0 spiro atoms. The lowest BCUT2D eigenvalue weighted by molar-refractivity contribution is -0.122. The van der Waals surface area contributed by atoms with Gasteiger partial charge in [0.2, 0.25) is 5.91 Å². The first kappa shape index (κ1) is 18.5. The molecule has 1 saturated heterocycles. The number of amides is 1. The summed E-state index contributed by atoms with van der Waals surface area (Å²) in [5.41, 5.74) is 3.36. The average Bonchev–Trinajstić information content (AvgIpc) is 2.67. The molecule has 2 heterocycles. The van der Waals surface area contributed by atoms with E-state index in [4.69, 9.17) is 0 Å². The molecule has 138 valence electrons. The van der Waals surface area contributed by atoms with Crippen molar-refractivity contribution in [2.75, 3.05) is 39.8 Å². The molecule has 1 aromatic carbocycles. The van der Waals surface area contributed by atoms with Gasteiger partial charge in [0.1, 0.15) is 0 Å². The summed E-state index contributed by atoms with van der Waals surface area (Å²) in [5.74, 6) is 0.0917. The number of nitrogens with one attached hydrogen (secondary N) is 1. The molecule has 1 N–H and O–H groups in total. The molecule has 1 atom stereocenters. The van der Waals surface area contributed by atoms with E-state index in [9.17, 15) is 4.79 Å². The Morgan fingerprint density at radius 1 is 1.12 bits per heavy atom. The summed E-state index contributed by atoms with van der Waals surface area (Å²) in [6.45, 7) is 7.12. The van der Waals surface area contributed by atoms with E-state index < -0.39 is 0 Å². The van der Waals surface area contributed by atoms with Crippen LogP contribution in [-0.2, 0) is 4.79 Å². The van der Waals surface area contributed by atoms with Gasteiger partial charge in [0.15, 0.2) is 0 Å². The van der Waals surface area contributed by atoms with Crippen molar-refractivity contribution in [3.63, 3.8) is 0 Å². The smallest absolute Gasteiger partial charge is 0.222 e. The van der Waals surface area contributed by atoms with Gasteiger partial charge in [0.05, 0.1) is 6.04 Å². The van der Waals surface area contributed by atoms with Gasteiger partial charge in [-0.3, -0.25) is 9.78 Å². The fourth-order valence-electron chi connectivity index (χ4n) is 3.37. The van der Waals surface area contributed by atoms with Crippen LogP contribution in [0.4, 0.5) is 0 Å². The number of likely N-dealkylation sites (N-methyl/N-ethyl adjacent to an activating group) is 1. The summed E-state index contributed by atoms with van der Waals surface area (Å²) in [7, 11) is 2.14. The molecule has 0 unspecified atom stereocenters. The first-order valence-electron chi connectivity index (χ1n) is 9.29. The Hall–Kier alpha value is -2.24. The maximum absolute atomic E-state index is 12.7. The summed E-state index contributed by atoms with van der Waals surface area (Å²) >= 11 is 0. The normalized spacial score (nSPS) is 17.0. The number of carbonyl (C=O) groups excluding carboxylic acids is 1. The SMILES string of the molecule is Cc1ccccc1[C@H](NC(=O)CCN1CCN(C)CC1)c1ccncc1. The summed E-state index contributed by atoms with van der Waals surface area (Å²) in [5, 5.41) is 3.23. The van der Waals surface area contributed by atoms with E-state index in [-0.39, 0.29) is 11.9 Å². The van der Waals surface area contributed by atoms with Crippen LogP contribution in [0.3, 0.4) is 0 Å². The topological polar surface area (TPSA) is 48.5 Å². The lowest BCUT2D eigenvalue weighted by atomic mass is 9.95. The number of pyridine rings is 1. The van der Waals surface area contributed by atoms with Crippen LogP contribution in [0.25, 0.3) is 0 Å². The van der Waals surface area contributed by atoms with Crippen LogP contribution in [0.15, 0.2) is 48.8 Å². The molecular formula is C21H28N4O. The van der Waals surface area contributed by atoms with Crippen molar-refractivity contribution in [2.45, 2.75) is 19.4 Å². The number of nitrogens with zero attached hydrogens (tertiary/aromatic N) is 3. The number of rotatable bonds is 6. The van der Waals surface area contributed by atoms with E-state index in [0.29, 0.717) is 6.42 Å². The predicted molar refractivity (Wildman–Crippen MR) is 104 cm³/mol. The minimum atomic E-state index is -0.140. The van der Waals surface area contributed by atoms with E-state index >= 15 is 0 Å². The van der Waals surface area contributed by atoms with Crippen LogP contribution in [-0.4, -0.2) is 60.5 Å². The lowest BCUT2D eigenvalue weighted by Gasteiger charge is -2.32. The zero-order valence-corrected chi connectivity index (χ0v) is 15.7. The summed E-state index contributed by atoms with van der Waals surface area (Å²) in [4.78, 5) is 21.5. The highest BCUT2D eigenvalue weighted by Crippen LogP contribution is 2.24. The molecule has 26 heavy (non-hydrogen) atoms. The molecule has 1 aromatic heterocycles. The third-order valence-corrected chi connectivity index (χ3v) is 5.10. The van der Waals surface area contributed by atoms with Crippen molar-refractivity contribution < 1.29 is 4.79 Å². The van der Waals surface area contributed by atoms with Gasteiger partial charge in [0, 0.05) is 51.5 Å². The number of hydrogen-bond donors (Lipinski definition) is 1.